The maximum atomic E-state index is 12.3. The number of aromatic nitrogens is 1. The van der Waals surface area contributed by atoms with Gasteiger partial charge >= 0.3 is 18.0 Å². The standard InChI is InChI=1S/C21H23N5O7/c27-17(26-16(20(31)32)9-13-3-2-7-22-11-13)12-24-19(30)14-4-1-5-15(10-14)25-21(33)23-8-6-18(28)29/h1-5,7,10-11,16H,6,8-9,12H2,(H,24,30)(H,26,27)(H,28,29)(H,31,32)(H2,23,25,33). The van der Waals surface area contributed by atoms with Crippen molar-refractivity contribution in [1.29, 1.82) is 0 Å². The van der Waals surface area contributed by atoms with E-state index in [2.05, 4.69) is 26.3 Å². The average molecular weight is 457 g/mol. The van der Waals surface area contributed by atoms with Gasteiger partial charge in [0.2, 0.25) is 5.91 Å². The number of carboxylic acid groups (broad SMARTS) is 2. The second-order valence-electron chi connectivity index (χ2n) is 6.81. The van der Waals surface area contributed by atoms with Gasteiger partial charge in [0, 0.05) is 36.6 Å². The Balaban J connectivity index is 1.85. The van der Waals surface area contributed by atoms with Gasteiger partial charge < -0.3 is 31.5 Å². The van der Waals surface area contributed by atoms with Crippen LogP contribution in [0.2, 0.25) is 0 Å². The molecule has 1 aromatic heterocycles. The average Bonchev–Trinajstić information content (AvgIpc) is 2.77. The molecule has 0 aliphatic rings. The van der Waals surface area contributed by atoms with Gasteiger partial charge in [0.1, 0.15) is 6.04 Å². The van der Waals surface area contributed by atoms with Gasteiger partial charge in [-0.25, -0.2) is 9.59 Å². The number of urea groups is 1. The Kier molecular flexibility index (Phi) is 9.31. The lowest BCUT2D eigenvalue weighted by Crippen LogP contribution is -2.46. The molecule has 0 aliphatic heterocycles. The van der Waals surface area contributed by atoms with Crippen LogP contribution in [0.5, 0.6) is 0 Å². The number of hydrogen-bond acceptors (Lipinski definition) is 6. The van der Waals surface area contributed by atoms with E-state index in [0.29, 0.717) is 5.56 Å². The van der Waals surface area contributed by atoms with Crippen molar-refractivity contribution in [3.63, 3.8) is 0 Å². The van der Waals surface area contributed by atoms with E-state index in [-0.39, 0.29) is 30.6 Å². The van der Waals surface area contributed by atoms with Gasteiger partial charge in [0.05, 0.1) is 13.0 Å². The number of amides is 4. The second kappa shape index (κ2) is 12.4. The lowest BCUT2D eigenvalue weighted by atomic mass is 10.1. The summed E-state index contributed by atoms with van der Waals surface area (Å²) in [6.07, 6.45) is 2.84. The molecule has 0 spiro atoms. The molecule has 1 atom stereocenters. The van der Waals surface area contributed by atoms with Crippen LogP contribution in [0.4, 0.5) is 10.5 Å². The first-order valence-electron chi connectivity index (χ1n) is 9.80. The number of pyridine rings is 1. The molecule has 0 radical (unpaired) electrons. The predicted molar refractivity (Wildman–Crippen MR) is 116 cm³/mol. The fourth-order valence-corrected chi connectivity index (χ4v) is 2.66. The number of nitrogens with one attached hydrogen (secondary N) is 4. The van der Waals surface area contributed by atoms with Crippen molar-refractivity contribution < 1.29 is 34.2 Å². The van der Waals surface area contributed by atoms with E-state index in [0.717, 1.165) is 0 Å². The minimum Gasteiger partial charge on any atom is -0.481 e. The Morgan fingerprint density at radius 2 is 1.79 bits per heavy atom. The van der Waals surface area contributed by atoms with Crippen LogP contribution in [-0.2, 0) is 20.8 Å². The maximum Gasteiger partial charge on any atom is 0.326 e. The van der Waals surface area contributed by atoms with Crippen LogP contribution in [0.15, 0.2) is 48.8 Å². The van der Waals surface area contributed by atoms with Crippen molar-refractivity contribution in [3.05, 3.63) is 59.9 Å². The normalized spacial score (nSPS) is 11.0. The highest BCUT2D eigenvalue weighted by molar-refractivity contribution is 5.98. The summed E-state index contributed by atoms with van der Waals surface area (Å²) in [4.78, 5) is 62.0. The van der Waals surface area contributed by atoms with E-state index >= 15 is 0 Å². The number of carbonyl (C=O) groups is 5. The topological polar surface area (TPSA) is 187 Å². The number of carbonyl (C=O) groups excluding carboxylic acids is 3. The monoisotopic (exact) mass is 457 g/mol. The summed E-state index contributed by atoms with van der Waals surface area (Å²) in [6, 6.07) is 7.37. The Hall–Kier alpha value is -4.48. The molecule has 1 unspecified atom stereocenters. The highest BCUT2D eigenvalue weighted by atomic mass is 16.4. The predicted octanol–water partition coefficient (Wildman–Crippen LogP) is 0.220. The molecule has 12 heteroatoms. The molecular formula is C21H23N5O7. The summed E-state index contributed by atoms with van der Waals surface area (Å²) >= 11 is 0. The molecule has 2 aromatic rings. The molecule has 4 amide bonds. The zero-order chi connectivity index (χ0) is 24.2. The second-order valence-corrected chi connectivity index (χ2v) is 6.81. The highest BCUT2D eigenvalue weighted by Crippen LogP contribution is 2.10. The third-order valence-corrected chi connectivity index (χ3v) is 4.21. The summed E-state index contributed by atoms with van der Waals surface area (Å²) in [7, 11) is 0. The van der Waals surface area contributed by atoms with Crippen LogP contribution < -0.4 is 21.3 Å². The molecule has 1 aromatic carbocycles. The van der Waals surface area contributed by atoms with Crippen LogP contribution in [0, 0.1) is 0 Å². The number of rotatable bonds is 11. The molecular weight excluding hydrogens is 434 g/mol. The zero-order valence-electron chi connectivity index (χ0n) is 17.4. The van der Waals surface area contributed by atoms with Gasteiger partial charge in [-0.3, -0.25) is 19.4 Å². The van der Waals surface area contributed by atoms with Gasteiger partial charge in [-0.1, -0.05) is 12.1 Å². The number of aliphatic carboxylic acids is 2. The molecule has 6 N–H and O–H groups in total. The van der Waals surface area contributed by atoms with Crippen molar-refractivity contribution in [1.82, 2.24) is 20.9 Å². The van der Waals surface area contributed by atoms with Gasteiger partial charge in [-0.05, 0) is 29.8 Å². The Bertz CT molecular complexity index is 1010. The molecule has 0 fully saturated rings. The minimum atomic E-state index is -1.22. The number of carboxylic acids is 2. The van der Waals surface area contributed by atoms with Gasteiger partial charge in [-0.2, -0.15) is 0 Å². The molecule has 0 saturated heterocycles. The summed E-state index contributed by atoms with van der Waals surface area (Å²) in [5.74, 6) is -3.57. The fraction of sp³-hybridized carbons (Fsp3) is 0.238. The van der Waals surface area contributed by atoms with E-state index in [4.69, 9.17) is 5.11 Å². The fourth-order valence-electron chi connectivity index (χ4n) is 2.66. The number of benzene rings is 1. The Morgan fingerprint density at radius 3 is 2.45 bits per heavy atom. The molecule has 174 valence electrons. The lowest BCUT2D eigenvalue weighted by molar-refractivity contribution is -0.141. The Morgan fingerprint density at radius 1 is 1.00 bits per heavy atom. The third-order valence-electron chi connectivity index (χ3n) is 4.21. The van der Waals surface area contributed by atoms with Crippen LogP contribution in [0.3, 0.4) is 0 Å². The highest BCUT2D eigenvalue weighted by Gasteiger charge is 2.21. The van der Waals surface area contributed by atoms with Crippen molar-refractivity contribution in [2.45, 2.75) is 18.9 Å². The van der Waals surface area contributed by atoms with E-state index in [1.807, 2.05) is 0 Å². The molecule has 0 bridgehead atoms. The molecule has 33 heavy (non-hydrogen) atoms. The van der Waals surface area contributed by atoms with Crippen molar-refractivity contribution >= 4 is 35.5 Å². The smallest absolute Gasteiger partial charge is 0.326 e. The summed E-state index contributed by atoms with van der Waals surface area (Å²) < 4.78 is 0. The summed E-state index contributed by atoms with van der Waals surface area (Å²) in [5.41, 5.74) is 1.06. The molecule has 1 heterocycles. The molecule has 2 rings (SSSR count). The lowest BCUT2D eigenvalue weighted by Gasteiger charge is -2.15. The maximum absolute atomic E-state index is 12.3. The van der Waals surface area contributed by atoms with Crippen LogP contribution in [-0.4, -0.2) is 64.1 Å². The van der Waals surface area contributed by atoms with Crippen LogP contribution in [0.1, 0.15) is 22.3 Å². The van der Waals surface area contributed by atoms with Crippen LogP contribution in [0.25, 0.3) is 0 Å². The van der Waals surface area contributed by atoms with Gasteiger partial charge in [0.15, 0.2) is 0 Å². The minimum absolute atomic E-state index is 0.0328. The molecule has 12 nitrogen and oxygen atoms in total. The molecule has 0 saturated carbocycles. The number of anilines is 1. The van der Waals surface area contributed by atoms with Crippen molar-refractivity contribution in [2.24, 2.45) is 0 Å². The van der Waals surface area contributed by atoms with E-state index in [1.165, 1.54) is 30.5 Å². The van der Waals surface area contributed by atoms with E-state index in [1.54, 1.807) is 18.3 Å². The van der Waals surface area contributed by atoms with Crippen molar-refractivity contribution in [3.8, 4) is 0 Å². The first-order valence-corrected chi connectivity index (χ1v) is 9.80. The van der Waals surface area contributed by atoms with E-state index in [9.17, 15) is 29.1 Å². The zero-order valence-corrected chi connectivity index (χ0v) is 17.4. The number of nitrogens with zero attached hydrogens (tertiary/aromatic N) is 1. The first kappa shape index (κ1) is 24.8. The third kappa shape index (κ3) is 9.04. The van der Waals surface area contributed by atoms with Gasteiger partial charge in [0.25, 0.3) is 5.91 Å². The Labute approximate surface area is 188 Å². The number of hydrogen-bond donors (Lipinski definition) is 6. The van der Waals surface area contributed by atoms with E-state index < -0.39 is 42.4 Å². The quantitative estimate of drug-likeness (QED) is 0.276. The summed E-state index contributed by atoms with van der Waals surface area (Å²) in [6.45, 7) is -0.516. The van der Waals surface area contributed by atoms with Gasteiger partial charge in [-0.15, -0.1) is 0 Å². The van der Waals surface area contributed by atoms with Crippen molar-refractivity contribution in [2.75, 3.05) is 18.4 Å². The SMILES string of the molecule is O=C(O)CCNC(=O)Nc1cccc(C(=O)NCC(=O)NC(Cc2cccnc2)C(=O)O)c1. The first-order chi connectivity index (χ1) is 15.7. The van der Waals surface area contributed by atoms with Crippen LogP contribution >= 0.6 is 0 Å². The largest absolute Gasteiger partial charge is 0.481 e. The molecule has 0 aliphatic carbocycles. The summed E-state index contributed by atoms with van der Waals surface area (Å²) in [5, 5.41) is 27.5.